The van der Waals surface area contributed by atoms with Crippen molar-refractivity contribution in [1.82, 2.24) is 4.90 Å². The van der Waals surface area contributed by atoms with Gasteiger partial charge < -0.3 is 14.8 Å². The van der Waals surface area contributed by atoms with Gasteiger partial charge in [0, 0.05) is 36.9 Å². The van der Waals surface area contributed by atoms with Gasteiger partial charge in [-0.15, -0.1) is 11.3 Å². The number of hydrogen-bond donors (Lipinski definition) is 1. The summed E-state index contributed by atoms with van der Waals surface area (Å²) in [4.78, 5) is 14.9. The third-order valence-corrected chi connectivity index (χ3v) is 4.38. The first-order valence-electron chi connectivity index (χ1n) is 6.32. The molecule has 1 fully saturated rings. The van der Waals surface area contributed by atoms with Crippen molar-refractivity contribution in [2.24, 2.45) is 11.1 Å². The Morgan fingerprint density at radius 2 is 2.47 bits per heavy atom. The molecule has 19 heavy (non-hydrogen) atoms. The topological polar surface area (TPSA) is 62.1 Å². The Bertz CT molecular complexity index is 484. The van der Waals surface area contributed by atoms with Crippen molar-refractivity contribution in [3.63, 3.8) is 0 Å². The van der Waals surface area contributed by atoms with Crippen molar-refractivity contribution in [2.75, 3.05) is 20.2 Å². The molecule has 1 aromatic rings. The molecule has 1 N–H and O–H groups in total. The standard InChI is InChI=1S/C13H18N2O3S/c1-3-9-7-15(5-4-11(9)14-17)13(16)12-6-10(18-2)8-19-12/h6,8-9,17H,3-5,7H2,1-2H3. The number of methoxy groups -OCH3 is 1. The zero-order chi connectivity index (χ0) is 13.8. The van der Waals surface area contributed by atoms with Gasteiger partial charge in [0.15, 0.2) is 0 Å². The van der Waals surface area contributed by atoms with E-state index in [9.17, 15) is 4.79 Å². The van der Waals surface area contributed by atoms with E-state index < -0.39 is 0 Å². The molecular weight excluding hydrogens is 264 g/mol. The summed E-state index contributed by atoms with van der Waals surface area (Å²) in [6.07, 6.45) is 1.51. The number of oxime groups is 1. The van der Waals surface area contributed by atoms with E-state index in [1.54, 1.807) is 13.2 Å². The van der Waals surface area contributed by atoms with E-state index in [1.165, 1.54) is 11.3 Å². The van der Waals surface area contributed by atoms with E-state index in [-0.39, 0.29) is 11.8 Å². The van der Waals surface area contributed by atoms with Crippen LogP contribution in [0.3, 0.4) is 0 Å². The maximum Gasteiger partial charge on any atom is 0.264 e. The fourth-order valence-corrected chi connectivity index (χ4v) is 3.11. The Morgan fingerprint density at radius 3 is 3.05 bits per heavy atom. The minimum atomic E-state index is 0.0312. The third kappa shape index (κ3) is 2.89. The molecule has 1 aromatic heterocycles. The van der Waals surface area contributed by atoms with Gasteiger partial charge in [-0.05, 0) is 6.42 Å². The molecule has 5 nitrogen and oxygen atoms in total. The van der Waals surface area contributed by atoms with Crippen LogP contribution in [0.25, 0.3) is 0 Å². The van der Waals surface area contributed by atoms with Crippen LogP contribution in [0.15, 0.2) is 16.6 Å². The molecule has 1 unspecified atom stereocenters. The van der Waals surface area contributed by atoms with E-state index in [1.807, 2.05) is 17.2 Å². The van der Waals surface area contributed by atoms with Gasteiger partial charge in [0.2, 0.25) is 0 Å². The Hall–Kier alpha value is -1.56. The summed E-state index contributed by atoms with van der Waals surface area (Å²) in [6.45, 7) is 3.27. The molecule has 1 atom stereocenters. The van der Waals surface area contributed by atoms with Gasteiger partial charge >= 0.3 is 0 Å². The summed E-state index contributed by atoms with van der Waals surface area (Å²) in [6, 6.07) is 1.77. The molecule has 1 aliphatic heterocycles. The molecule has 2 heterocycles. The SMILES string of the molecule is CCC1CN(C(=O)c2cc(OC)cs2)CCC1=NO. The van der Waals surface area contributed by atoms with Gasteiger partial charge in [0.25, 0.3) is 5.91 Å². The fraction of sp³-hybridized carbons (Fsp3) is 0.538. The Kier molecular flexibility index (Phi) is 4.42. The van der Waals surface area contributed by atoms with Gasteiger partial charge in [0.05, 0.1) is 17.7 Å². The fourth-order valence-electron chi connectivity index (χ4n) is 2.29. The Balaban J connectivity index is 2.08. The van der Waals surface area contributed by atoms with Crippen molar-refractivity contribution >= 4 is 23.0 Å². The second kappa shape index (κ2) is 6.06. The first-order valence-corrected chi connectivity index (χ1v) is 7.20. The van der Waals surface area contributed by atoms with E-state index in [4.69, 9.17) is 9.94 Å². The lowest BCUT2D eigenvalue weighted by Crippen LogP contribution is -2.43. The zero-order valence-electron chi connectivity index (χ0n) is 11.1. The van der Waals surface area contributed by atoms with Crippen LogP contribution >= 0.6 is 11.3 Å². The molecule has 0 aromatic carbocycles. The van der Waals surface area contributed by atoms with Crippen molar-refractivity contribution in [2.45, 2.75) is 19.8 Å². The molecule has 6 heteroatoms. The molecule has 0 radical (unpaired) electrons. The van der Waals surface area contributed by atoms with Crippen LogP contribution < -0.4 is 4.74 Å². The first-order chi connectivity index (χ1) is 9.19. The highest BCUT2D eigenvalue weighted by molar-refractivity contribution is 7.12. The highest BCUT2D eigenvalue weighted by atomic mass is 32.1. The first kappa shape index (κ1) is 13.9. The van der Waals surface area contributed by atoms with Gasteiger partial charge in [-0.2, -0.15) is 0 Å². The second-order valence-corrected chi connectivity index (χ2v) is 5.46. The largest absolute Gasteiger partial charge is 0.496 e. The second-order valence-electron chi connectivity index (χ2n) is 4.55. The highest BCUT2D eigenvalue weighted by Gasteiger charge is 2.28. The minimum Gasteiger partial charge on any atom is -0.496 e. The Labute approximate surface area is 116 Å². The highest BCUT2D eigenvalue weighted by Crippen LogP contribution is 2.25. The number of hydrogen-bond acceptors (Lipinski definition) is 5. The monoisotopic (exact) mass is 282 g/mol. The van der Waals surface area contributed by atoms with Crippen molar-refractivity contribution in [3.8, 4) is 5.75 Å². The normalized spacial score (nSPS) is 21.7. The van der Waals surface area contributed by atoms with E-state index in [0.717, 1.165) is 17.9 Å². The Morgan fingerprint density at radius 1 is 1.68 bits per heavy atom. The summed E-state index contributed by atoms with van der Waals surface area (Å²) >= 11 is 1.40. The third-order valence-electron chi connectivity index (χ3n) is 3.48. The number of likely N-dealkylation sites (tertiary alicyclic amines) is 1. The molecule has 0 aliphatic carbocycles. The maximum atomic E-state index is 12.4. The lowest BCUT2D eigenvalue weighted by Gasteiger charge is -2.32. The predicted molar refractivity (Wildman–Crippen MR) is 74.4 cm³/mol. The molecule has 104 valence electrons. The molecule has 1 saturated heterocycles. The van der Waals surface area contributed by atoms with Crippen molar-refractivity contribution in [3.05, 3.63) is 16.3 Å². The van der Waals surface area contributed by atoms with E-state index in [2.05, 4.69) is 5.16 Å². The number of carbonyl (C=O) groups is 1. The molecular formula is C13H18N2O3S. The number of carbonyl (C=O) groups excluding carboxylic acids is 1. The smallest absolute Gasteiger partial charge is 0.264 e. The summed E-state index contributed by atoms with van der Waals surface area (Å²) in [5, 5.41) is 14.1. The quantitative estimate of drug-likeness (QED) is 0.684. The number of piperidine rings is 1. The van der Waals surface area contributed by atoms with Crippen LogP contribution in [0.4, 0.5) is 0 Å². The number of amides is 1. The van der Waals surface area contributed by atoms with Crippen LogP contribution in [0.2, 0.25) is 0 Å². The number of nitrogens with zero attached hydrogens (tertiary/aromatic N) is 2. The predicted octanol–water partition coefficient (Wildman–Crippen LogP) is 2.46. The number of thiophene rings is 1. The van der Waals surface area contributed by atoms with Gasteiger partial charge in [-0.3, -0.25) is 4.79 Å². The number of rotatable bonds is 3. The summed E-state index contributed by atoms with van der Waals surface area (Å²) in [5.74, 6) is 0.906. The average Bonchev–Trinajstić information content (AvgIpc) is 2.94. The molecule has 0 saturated carbocycles. The summed E-state index contributed by atoms with van der Waals surface area (Å²) in [5.41, 5.74) is 0.801. The summed E-state index contributed by atoms with van der Waals surface area (Å²) < 4.78 is 5.10. The lowest BCUT2D eigenvalue weighted by molar-refractivity contribution is 0.0733. The van der Waals surface area contributed by atoms with Crippen LogP contribution in [-0.2, 0) is 0 Å². The van der Waals surface area contributed by atoms with Gasteiger partial charge in [0.1, 0.15) is 5.75 Å². The molecule has 0 bridgehead atoms. The van der Waals surface area contributed by atoms with Gasteiger partial charge in [-0.25, -0.2) is 0 Å². The average molecular weight is 282 g/mol. The van der Waals surface area contributed by atoms with E-state index >= 15 is 0 Å². The number of ether oxygens (including phenoxy) is 1. The molecule has 1 amide bonds. The molecule has 2 rings (SSSR count). The van der Waals surface area contributed by atoms with Crippen LogP contribution in [0.1, 0.15) is 29.4 Å². The molecule has 0 spiro atoms. The van der Waals surface area contributed by atoms with Gasteiger partial charge in [-0.1, -0.05) is 12.1 Å². The summed E-state index contributed by atoms with van der Waals surface area (Å²) in [7, 11) is 1.59. The van der Waals surface area contributed by atoms with Crippen LogP contribution in [-0.4, -0.2) is 41.9 Å². The van der Waals surface area contributed by atoms with Crippen LogP contribution in [0.5, 0.6) is 5.75 Å². The van der Waals surface area contributed by atoms with Crippen LogP contribution in [0, 0.1) is 5.92 Å². The van der Waals surface area contributed by atoms with Crippen molar-refractivity contribution < 1.29 is 14.7 Å². The maximum absolute atomic E-state index is 12.4. The zero-order valence-corrected chi connectivity index (χ0v) is 11.9. The molecule has 1 aliphatic rings. The lowest BCUT2D eigenvalue weighted by atomic mass is 9.93. The van der Waals surface area contributed by atoms with E-state index in [0.29, 0.717) is 24.4 Å². The van der Waals surface area contributed by atoms with Crippen molar-refractivity contribution in [1.29, 1.82) is 0 Å². The minimum absolute atomic E-state index is 0.0312.